The summed E-state index contributed by atoms with van der Waals surface area (Å²) in [6.45, 7) is -0.143. The van der Waals surface area contributed by atoms with Crippen molar-refractivity contribution in [1.82, 2.24) is 4.98 Å². The van der Waals surface area contributed by atoms with E-state index in [1.54, 1.807) is 55.8 Å². The van der Waals surface area contributed by atoms with E-state index in [-0.39, 0.29) is 18.3 Å². The molecule has 0 spiro atoms. The van der Waals surface area contributed by atoms with E-state index in [1.807, 2.05) is 0 Å². The first-order chi connectivity index (χ1) is 12.6. The smallest absolute Gasteiger partial charge is 0.264 e. The fourth-order valence-electron chi connectivity index (χ4n) is 2.27. The summed E-state index contributed by atoms with van der Waals surface area (Å²) in [6, 6.07) is 13.6. The second-order valence-corrected chi connectivity index (χ2v) is 6.53. The van der Waals surface area contributed by atoms with Crippen LogP contribution in [0.25, 0.3) is 0 Å². The zero-order chi connectivity index (χ0) is 18.4. The lowest BCUT2D eigenvalue weighted by molar-refractivity contribution is -0.118. The molecule has 134 valence electrons. The van der Waals surface area contributed by atoms with Gasteiger partial charge in [-0.1, -0.05) is 24.3 Å². The molecule has 1 amide bonds. The summed E-state index contributed by atoms with van der Waals surface area (Å²) in [5, 5.41) is 3.13. The quantitative estimate of drug-likeness (QED) is 0.683. The lowest BCUT2D eigenvalue weighted by Gasteiger charge is -2.07. The fourth-order valence-corrected chi connectivity index (χ4v) is 3.12. The SMILES string of the molecule is COc1cccc(OCC(=O)Nc2ncc(Cc3ccccc3F)s2)c1. The van der Waals surface area contributed by atoms with Crippen molar-refractivity contribution in [3.05, 3.63) is 71.0 Å². The minimum Gasteiger partial charge on any atom is -0.497 e. The van der Waals surface area contributed by atoms with Crippen molar-refractivity contribution in [2.75, 3.05) is 19.0 Å². The lowest BCUT2D eigenvalue weighted by atomic mass is 10.1. The van der Waals surface area contributed by atoms with Crippen LogP contribution in [0.2, 0.25) is 0 Å². The van der Waals surface area contributed by atoms with Gasteiger partial charge in [-0.2, -0.15) is 0 Å². The number of methoxy groups -OCH3 is 1. The third kappa shape index (κ3) is 4.80. The average Bonchev–Trinajstić information content (AvgIpc) is 3.09. The molecule has 7 heteroatoms. The number of carbonyl (C=O) groups excluding carboxylic acids is 1. The van der Waals surface area contributed by atoms with Crippen LogP contribution < -0.4 is 14.8 Å². The molecule has 0 fully saturated rings. The van der Waals surface area contributed by atoms with Crippen molar-refractivity contribution in [3.8, 4) is 11.5 Å². The van der Waals surface area contributed by atoms with Gasteiger partial charge in [-0.25, -0.2) is 9.37 Å². The third-order valence-electron chi connectivity index (χ3n) is 3.53. The van der Waals surface area contributed by atoms with Crippen LogP contribution in [0, 0.1) is 5.82 Å². The molecule has 0 radical (unpaired) electrons. The van der Waals surface area contributed by atoms with E-state index in [4.69, 9.17) is 9.47 Å². The molecule has 2 aromatic carbocycles. The van der Waals surface area contributed by atoms with Crippen LogP contribution in [-0.4, -0.2) is 24.6 Å². The first kappa shape index (κ1) is 17.9. The van der Waals surface area contributed by atoms with Crippen molar-refractivity contribution in [2.45, 2.75) is 6.42 Å². The van der Waals surface area contributed by atoms with Crippen LogP contribution in [0.1, 0.15) is 10.4 Å². The van der Waals surface area contributed by atoms with Gasteiger partial charge in [0, 0.05) is 23.6 Å². The van der Waals surface area contributed by atoms with Gasteiger partial charge < -0.3 is 9.47 Å². The van der Waals surface area contributed by atoms with E-state index in [1.165, 1.54) is 17.4 Å². The van der Waals surface area contributed by atoms with Gasteiger partial charge in [0.1, 0.15) is 17.3 Å². The minimum absolute atomic E-state index is 0.143. The highest BCUT2D eigenvalue weighted by molar-refractivity contribution is 7.15. The van der Waals surface area contributed by atoms with Crippen LogP contribution >= 0.6 is 11.3 Å². The topological polar surface area (TPSA) is 60.5 Å². The Morgan fingerprint density at radius 3 is 2.81 bits per heavy atom. The molecule has 5 nitrogen and oxygen atoms in total. The normalized spacial score (nSPS) is 10.4. The van der Waals surface area contributed by atoms with Crippen LogP contribution in [-0.2, 0) is 11.2 Å². The number of rotatable bonds is 7. The molecule has 0 atom stereocenters. The predicted molar refractivity (Wildman–Crippen MR) is 98.4 cm³/mol. The number of anilines is 1. The van der Waals surface area contributed by atoms with Gasteiger partial charge in [-0.15, -0.1) is 11.3 Å². The van der Waals surface area contributed by atoms with Crippen LogP contribution in [0.15, 0.2) is 54.7 Å². The zero-order valence-corrected chi connectivity index (χ0v) is 14.9. The third-order valence-corrected chi connectivity index (χ3v) is 4.45. The first-order valence-corrected chi connectivity index (χ1v) is 8.70. The molecule has 1 heterocycles. The summed E-state index contributed by atoms with van der Waals surface area (Å²) in [4.78, 5) is 17.0. The first-order valence-electron chi connectivity index (χ1n) is 7.89. The van der Waals surface area contributed by atoms with E-state index < -0.39 is 0 Å². The molecular formula is C19H17FN2O3S. The monoisotopic (exact) mass is 372 g/mol. The van der Waals surface area contributed by atoms with Gasteiger partial charge in [0.2, 0.25) is 0 Å². The summed E-state index contributed by atoms with van der Waals surface area (Å²) in [5.74, 6) is 0.622. The maximum atomic E-state index is 13.7. The Morgan fingerprint density at radius 2 is 2.00 bits per heavy atom. The number of hydrogen-bond donors (Lipinski definition) is 1. The Bertz CT molecular complexity index is 898. The van der Waals surface area contributed by atoms with Gasteiger partial charge in [0.15, 0.2) is 11.7 Å². The number of amides is 1. The van der Waals surface area contributed by atoms with Gasteiger partial charge in [-0.3, -0.25) is 10.1 Å². The van der Waals surface area contributed by atoms with Crippen molar-refractivity contribution < 1.29 is 18.7 Å². The largest absolute Gasteiger partial charge is 0.497 e. The van der Waals surface area contributed by atoms with Crippen molar-refractivity contribution in [2.24, 2.45) is 0 Å². The van der Waals surface area contributed by atoms with Crippen LogP contribution in [0.5, 0.6) is 11.5 Å². The molecule has 3 aromatic rings. The molecule has 0 aliphatic rings. The maximum Gasteiger partial charge on any atom is 0.264 e. The number of ether oxygens (including phenoxy) is 2. The molecule has 0 aliphatic heterocycles. The molecule has 1 N–H and O–H groups in total. The molecular weight excluding hydrogens is 355 g/mol. The highest BCUT2D eigenvalue weighted by Crippen LogP contribution is 2.22. The second kappa shape index (κ2) is 8.44. The summed E-state index contributed by atoms with van der Waals surface area (Å²) >= 11 is 1.31. The number of nitrogens with zero attached hydrogens (tertiary/aromatic N) is 1. The molecule has 1 aromatic heterocycles. The fraction of sp³-hybridized carbons (Fsp3) is 0.158. The molecule has 0 bridgehead atoms. The van der Waals surface area contributed by atoms with E-state index in [0.29, 0.717) is 28.6 Å². The number of aromatic nitrogens is 1. The number of halogens is 1. The molecule has 0 saturated carbocycles. The summed E-state index contributed by atoms with van der Waals surface area (Å²) < 4.78 is 24.2. The molecule has 3 rings (SSSR count). The van der Waals surface area contributed by atoms with Gasteiger partial charge in [0.25, 0.3) is 5.91 Å². The summed E-state index contributed by atoms with van der Waals surface area (Å²) in [5.41, 5.74) is 0.593. The standard InChI is InChI=1S/C19H17FN2O3S/c1-24-14-6-4-7-15(10-14)25-12-18(23)22-19-21-11-16(26-19)9-13-5-2-3-8-17(13)20/h2-8,10-11H,9,12H2,1H3,(H,21,22,23). The van der Waals surface area contributed by atoms with Crippen LogP contribution in [0.4, 0.5) is 9.52 Å². The molecule has 0 aliphatic carbocycles. The van der Waals surface area contributed by atoms with Crippen LogP contribution in [0.3, 0.4) is 0 Å². The lowest BCUT2D eigenvalue weighted by Crippen LogP contribution is -2.19. The van der Waals surface area contributed by atoms with Gasteiger partial charge >= 0.3 is 0 Å². The number of benzene rings is 2. The highest BCUT2D eigenvalue weighted by atomic mass is 32.1. The Morgan fingerprint density at radius 1 is 1.19 bits per heavy atom. The predicted octanol–water partition coefficient (Wildman–Crippen LogP) is 3.90. The number of carbonyl (C=O) groups is 1. The molecule has 0 saturated heterocycles. The molecule has 0 unspecified atom stereocenters. The van der Waals surface area contributed by atoms with Crippen molar-refractivity contribution in [1.29, 1.82) is 0 Å². The van der Waals surface area contributed by atoms with E-state index in [0.717, 1.165) is 4.88 Å². The Balaban J connectivity index is 1.53. The highest BCUT2D eigenvalue weighted by Gasteiger charge is 2.10. The van der Waals surface area contributed by atoms with Crippen molar-refractivity contribution in [3.63, 3.8) is 0 Å². The van der Waals surface area contributed by atoms with E-state index in [9.17, 15) is 9.18 Å². The average molecular weight is 372 g/mol. The number of hydrogen-bond acceptors (Lipinski definition) is 5. The Kier molecular flexibility index (Phi) is 5.80. The maximum absolute atomic E-state index is 13.7. The minimum atomic E-state index is -0.320. The van der Waals surface area contributed by atoms with Gasteiger partial charge in [0.05, 0.1) is 7.11 Å². The second-order valence-electron chi connectivity index (χ2n) is 5.42. The van der Waals surface area contributed by atoms with E-state index >= 15 is 0 Å². The summed E-state index contributed by atoms with van der Waals surface area (Å²) in [7, 11) is 1.56. The number of nitrogens with one attached hydrogen (secondary N) is 1. The Labute approximate surface area is 154 Å². The molecule has 26 heavy (non-hydrogen) atoms. The Hall–Kier alpha value is -2.93. The zero-order valence-electron chi connectivity index (χ0n) is 14.1. The van der Waals surface area contributed by atoms with E-state index in [2.05, 4.69) is 10.3 Å². The summed E-state index contributed by atoms with van der Waals surface area (Å²) in [6.07, 6.45) is 2.07. The van der Waals surface area contributed by atoms with Gasteiger partial charge in [-0.05, 0) is 23.8 Å². The van der Waals surface area contributed by atoms with Crippen molar-refractivity contribution >= 4 is 22.4 Å². The number of thiazole rings is 1.